The van der Waals surface area contributed by atoms with Crippen molar-refractivity contribution in [3.63, 3.8) is 0 Å². The third kappa shape index (κ3) is 3.10. The second kappa shape index (κ2) is 5.89. The molecule has 110 valence electrons. The number of aromatic nitrogens is 3. The lowest BCUT2D eigenvalue weighted by Gasteiger charge is -2.06. The molecule has 1 aliphatic rings. The van der Waals surface area contributed by atoms with Crippen molar-refractivity contribution in [3.05, 3.63) is 35.7 Å². The van der Waals surface area contributed by atoms with Gasteiger partial charge in [0.2, 0.25) is 0 Å². The van der Waals surface area contributed by atoms with E-state index in [-0.39, 0.29) is 5.78 Å². The molecular weight excluding hydrogens is 286 g/mol. The zero-order chi connectivity index (χ0) is 14.8. The van der Waals surface area contributed by atoms with E-state index in [1.807, 2.05) is 6.92 Å². The van der Waals surface area contributed by atoms with E-state index >= 15 is 0 Å². The molecule has 0 atom stereocenters. The number of hydrogen-bond donors (Lipinski definition) is 0. The Kier molecular flexibility index (Phi) is 3.96. The molecular formula is C15H17N3O2S. The topological polar surface area (TPSA) is 57.0 Å². The Labute approximate surface area is 127 Å². The van der Waals surface area contributed by atoms with Crippen molar-refractivity contribution in [1.29, 1.82) is 0 Å². The minimum absolute atomic E-state index is 0.0886. The lowest BCUT2D eigenvalue weighted by molar-refractivity contribution is 0.102. The summed E-state index contributed by atoms with van der Waals surface area (Å²) < 4.78 is 7.24. The Balaban J connectivity index is 1.65. The highest BCUT2D eigenvalue weighted by Crippen LogP contribution is 2.38. The minimum atomic E-state index is 0.0886. The van der Waals surface area contributed by atoms with Crippen LogP contribution >= 0.6 is 11.8 Å². The van der Waals surface area contributed by atoms with E-state index in [9.17, 15) is 4.79 Å². The number of ketones is 1. The van der Waals surface area contributed by atoms with Crippen LogP contribution in [-0.2, 0) is 0 Å². The highest BCUT2D eigenvalue weighted by atomic mass is 32.2. The van der Waals surface area contributed by atoms with Crippen LogP contribution < -0.4 is 4.74 Å². The zero-order valence-corrected chi connectivity index (χ0v) is 12.9. The molecule has 0 radical (unpaired) electrons. The standard InChI is InChI=1S/C15H17N3O2S/c1-10-16-17-15(18(10)12-5-6-12)21-9-14(19)11-3-7-13(20-2)8-4-11/h3-4,7-8,12H,5-6,9H2,1-2H3. The number of hydrogen-bond acceptors (Lipinski definition) is 5. The summed E-state index contributed by atoms with van der Waals surface area (Å²) in [6.45, 7) is 1.96. The van der Waals surface area contributed by atoms with Gasteiger partial charge in [-0.05, 0) is 44.0 Å². The first-order chi connectivity index (χ1) is 10.2. The van der Waals surface area contributed by atoms with Crippen LogP contribution in [0.25, 0.3) is 0 Å². The first-order valence-corrected chi connectivity index (χ1v) is 7.89. The number of ether oxygens (including phenoxy) is 1. The number of thioether (sulfide) groups is 1. The largest absolute Gasteiger partial charge is 0.497 e. The number of aryl methyl sites for hydroxylation is 1. The van der Waals surface area contributed by atoms with E-state index in [0.717, 1.165) is 16.7 Å². The third-order valence-electron chi connectivity index (χ3n) is 3.49. The van der Waals surface area contributed by atoms with Crippen molar-refractivity contribution < 1.29 is 9.53 Å². The van der Waals surface area contributed by atoms with Crippen LogP contribution in [0.1, 0.15) is 35.1 Å². The summed E-state index contributed by atoms with van der Waals surface area (Å²) in [5.74, 6) is 2.14. The molecule has 0 unspecified atom stereocenters. The molecule has 2 aromatic rings. The number of benzene rings is 1. The second-order valence-electron chi connectivity index (χ2n) is 5.07. The molecule has 0 saturated heterocycles. The van der Waals surface area contributed by atoms with Crippen molar-refractivity contribution in [2.75, 3.05) is 12.9 Å². The highest BCUT2D eigenvalue weighted by molar-refractivity contribution is 7.99. The molecule has 0 bridgehead atoms. The normalized spacial score (nSPS) is 14.2. The van der Waals surface area contributed by atoms with E-state index in [2.05, 4.69) is 14.8 Å². The van der Waals surface area contributed by atoms with Gasteiger partial charge in [0, 0.05) is 11.6 Å². The molecule has 1 aromatic heterocycles. The fourth-order valence-electron chi connectivity index (χ4n) is 2.19. The van der Waals surface area contributed by atoms with Crippen LogP contribution in [0.4, 0.5) is 0 Å². The van der Waals surface area contributed by atoms with Crippen molar-refractivity contribution in [1.82, 2.24) is 14.8 Å². The first kappa shape index (κ1) is 14.1. The molecule has 1 aliphatic carbocycles. The second-order valence-corrected chi connectivity index (χ2v) is 6.01. The van der Waals surface area contributed by atoms with E-state index in [1.54, 1.807) is 31.4 Å². The van der Waals surface area contributed by atoms with E-state index < -0.39 is 0 Å². The lowest BCUT2D eigenvalue weighted by Crippen LogP contribution is -2.05. The molecule has 1 heterocycles. The van der Waals surface area contributed by atoms with Crippen LogP contribution in [0.2, 0.25) is 0 Å². The van der Waals surface area contributed by atoms with Gasteiger partial charge < -0.3 is 9.30 Å². The van der Waals surface area contributed by atoms with Crippen LogP contribution in [0, 0.1) is 6.92 Å². The predicted octanol–water partition coefficient (Wildman–Crippen LogP) is 2.91. The molecule has 1 fully saturated rings. The molecule has 1 aromatic carbocycles. The molecule has 1 saturated carbocycles. The van der Waals surface area contributed by atoms with Crippen LogP contribution in [0.15, 0.2) is 29.4 Å². The Hall–Kier alpha value is -1.82. The van der Waals surface area contributed by atoms with Gasteiger partial charge in [-0.2, -0.15) is 0 Å². The quantitative estimate of drug-likeness (QED) is 0.606. The summed E-state index contributed by atoms with van der Waals surface area (Å²) in [6.07, 6.45) is 2.36. The van der Waals surface area contributed by atoms with E-state index in [0.29, 0.717) is 17.4 Å². The van der Waals surface area contributed by atoms with Gasteiger partial charge >= 0.3 is 0 Å². The molecule has 5 nitrogen and oxygen atoms in total. The number of methoxy groups -OCH3 is 1. The zero-order valence-electron chi connectivity index (χ0n) is 12.1. The molecule has 0 spiro atoms. The average Bonchev–Trinajstić information content (AvgIpc) is 3.28. The van der Waals surface area contributed by atoms with Crippen molar-refractivity contribution in [2.24, 2.45) is 0 Å². The maximum absolute atomic E-state index is 12.2. The summed E-state index contributed by atoms with van der Waals surface area (Å²) in [5, 5.41) is 9.13. The monoisotopic (exact) mass is 303 g/mol. The van der Waals surface area contributed by atoms with Gasteiger partial charge in [0.05, 0.1) is 12.9 Å². The van der Waals surface area contributed by atoms with Crippen molar-refractivity contribution in [3.8, 4) is 5.75 Å². The van der Waals surface area contributed by atoms with Gasteiger partial charge in [-0.1, -0.05) is 11.8 Å². The molecule has 21 heavy (non-hydrogen) atoms. The summed E-state index contributed by atoms with van der Waals surface area (Å²) in [5.41, 5.74) is 0.692. The minimum Gasteiger partial charge on any atom is -0.497 e. The summed E-state index contributed by atoms with van der Waals surface area (Å²) in [7, 11) is 1.61. The number of Topliss-reactive ketones (excluding diaryl/α,β-unsaturated/α-hetero) is 1. The summed E-state index contributed by atoms with van der Waals surface area (Å²) in [6, 6.07) is 7.71. The van der Waals surface area contributed by atoms with Crippen molar-refractivity contribution in [2.45, 2.75) is 31.0 Å². The molecule has 3 rings (SSSR count). The predicted molar refractivity (Wildman–Crippen MR) is 81.1 cm³/mol. The van der Waals surface area contributed by atoms with Crippen molar-refractivity contribution >= 4 is 17.5 Å². The van der Waals surface area contributed by atoms with Gasteiger partial charge in [0.1, 0.15) is 11.6 Å². The Morgan fingerprint density at radius 3 is 2.67 bits per heavy atom. The fourth-order valence-corrected chi connectivity index (χ4v) is 3.14. The molecule has 0 N–H and O–H groups in total. The van der Waals surface area contributed by atoms with Gasteiger partial charge in [-0.15, -0.1) is 10.2 Å². The van der Waals surface area contributed by atoms with Gasteiger partial charge in [-0.25, -0.2) is 0 Å². The first-order valence-electron chi connectivity index (χ1n) is 6.90. The Morgan fingerprint density at radius 1 is 1.33 bits per heavy atom. The highest BCUT2D eigenvalue weighted by Gasteiger charge is 2.28. The molecule has 0 aliphatic heterocycles. The Bertz CT molecular complexity index is 647. The maximum Gasteiger partial charge on any atom is 0.191 e. The number of nitrogens with zero attached hydrogens (tertiary/aromatic N) is 3. The van der Waals surface area contributed by atoms with E-state index in [4.69, 9.17) is 4.74 Å². The van der Waals surface area contributed by atoms with Gasteiger partial charge in [-0.3, -0.25) is 4.79 Å². The SMILES string of the molecule is COc1ccc(C(=O)CSc2nnc(C)n2C2CC2)cc1. The molecule has 6 heteroatoms. The molecule has 0 amide bonds. The van der Waals surface area contributed by atoms with Gasteiger partial charge in [0.25, 0.3) is 0 Å². The van der Waals surface area contributed by atoms with Gasteiger partial charge in [0.15, 0.2) is 10.9 Å². The Morgan fingerprint density at radius 2 is 2.05 bits per heavy atom. The maximum atomic E-state index is 12.2. The average molecular weight is 303 g/mol. The lowest BCUT2D eigenvalue weighted by atomic mass is 10.1. The fraction of sp³-hybridized carbons (Fsp3) is 0.400. The van der Waals surface area contributed by atoms with Crippen LogP contribution in [0.3, 0.4) is 0 Å². The van der Waals surface area contributed by atoms with E-state index in [1.165, 1.54) is 24.6 Å². The number of carbonyl (C=O) groups excluding carboxylic acids is 1. The van der Waals surface area contributed by atoms with Crippen LogP contribution in [-0.4, -0.2) is 33.4 Å². The van der Waals surface area contributed by atoms with Crippen LogP contribution in [0.5, 0.6) is 5.75 Å². The third-order valence-corrected chi connectivity index (χ3v) is 4.43. The number of rotatable bonds is 6. The smallest absolute Gasteiger partial charge is 0.191 e. The summed E-state index contributed by atoms with van der Waals surface area (Å²) in [4.78, 5) is 12.2. The summed E-state index contributed by atoms with van der Waals surface area (Å²) >= 11 is 1.46. The number of carbonyl (C=O) groups is 1.